The SMILES string of the molecule is CCN(c1ccc(F)cc1)c1ccc(Br)cc1C=O. The number of benzene rings is 2. The van der Waals surface area contributed by atoms with Gasteiger partial charge in [-0.05, 0) is 49.4 Å². The monoisotopic (exact) mass is 321 g/mol. The summed E-state index contributed by atoms with van der Waals surface area (Å²) in [4.78, 5) is 13.1. The van der Waals surface area contributed by atoms with Crippen molar-refractivity contribution in [2.45, 2.75) is 6.92 Å². The zero-order chi connectivity index (χ0) is 13.8. The first kappa shape index (κ1) is 13.7. The highest BCUT2D eigenvalue weighted by Crippen LogP contribution is 2.29. The second kappa shape index (κ2) is 5.97. The first-order valence-electron chi connectivity index (χ1n) is 5.93. The molecule has 0 aliphatic rings. The maximum absolute atomic E-state index is 13.0. The molecular formula is C15H13BrFNO. The lowest BCUT2D eigenvalue weighted by atomic mass is 10.1. The van der Waals surface area contributed by atoms with Gasteiger partial charge in [0.2, 0.25) is 0 Å². The van der Waals surface area contributed by atoms with Crippen LogP contribution in [0.25, 0.3) is 0 Å². The van der Waals surface area contributed by atoms with Gasteiger partial charge in [0.25, 0.3) is 0 Å². The fraction of sp³-hybridized carbons (Fsp3) is 0.133. The molecule has 0 spiro atoms. The van der Waals surface area contributed by atoms with E-state index in [1.54, 1.807) is 18.2 Å². The molecule has 2 nitrogen and oxygen atoms in total. The molecule has 0 aliphatic carbocycles. The first-order chi connectivity index (χ1) is 9.15. The number of anilines is 2. The average molecular weight is 322 g/mol. The summed E-state index contributed by atoms with van der Waals surface area (Å²) < 4.78 is 13.8. The molecule has 0 heterocycles. The second-order valence-electron chi connectivity index (χ2n) is 4.04. The lowest BCUT2D eigenvalue weighted by Gasteiger charge is -2.24. The molecule has 2 aromatic carbocycles. The highest BCUT2D eigenvalue weighted by Gasteiger charge is 2.12. The zero-order valence-electron chi connectivity index (χ0n) is 10.4. The summed E-state index contributed by atoms with van der Waals surface area (Å²) in [5.74, 6) is -0.272. The number of halogens is 2. The molecule has 2 aromatic rings. The summed E-state index contributed by atoms with van der Waals surface area (Å²) in [6, 6.07) is 11.8. The van der Waals surface area contributed by atoms with Gasteiger partial charge in [-0.1, -0.05) is 15.9 Å². The molecule has 0 unspecified atom stereocenters. The largest absolute Gasteiger partial charge is 0.341 e. The number of hydrogen-bond acceptors (Lipinski definition) is 2. The van der Waals surface area contributed by atoms with Gasteiger partial charge in [-0.2, -0.15) is 0 Å². The minimum Gasteiger partial charge on any atom is -0.341 e. The Balaban J connectivity index is 2.47. The summed E-state index contributed by atoms with van der Waals surface area (Å²) >= 11 is 3.35. The molecule has 0 fully saturated rings. The van der Waals surface area contributed by atoms with Crippen LogP contribution in [0.15, 0.2) is 46.9 Å². The van der Waals surface area contributed by atoms with Crippen LogP contribution in [0.3, 0.4) is 0 Å². The maximum Gasteiger partial charge on any atom is 0.152 e. The molecule has 98 valence electrons. The van der Waals surface area contributed by atoms with Crippen molar-refractivity contribution in [3.63, 3.8) is 0 Å². The Labute approximate surface area is 120 Å². The first-order valence-corrected chi connectivity index (χ1v) is 6.73. The van der Waals surface area contributed by atoms with Crippen molar-refractivity contribution >= 4 is 33.6 Å². The summed E-state index contributed by atoms with van der Waals surface area (Å²) in [5, 5.41) is 0. The number of nitrogens with zero attached hydrogens (tertiary/aromatic N) is 1. The van der Waals surface area contributed by atoms with Crippen LogP contribution in [0.4, 0.5) is 15.8 Å². The smallest absolute Gasteiger partial charge is 0.152 e. The molecule has 0 N–H and O–H groups in total. The van der Waals surface area contributed by atoms with Crippen molar-refractivity contribution in [2.24, 2.45) is 0 Å². The van der Waals surface area contributed by atoms with Gasteiger partial charge in [0.05, 0.1) is 5.69 Å². The van der Waals surface area contributed by atoms with E-state index in [-0.39, 0.29) is 5.82 Å². The van der Waals surface area contributed by atoms with E-state index >= 15 is 0 Å². The number of hydrogen-bond donors (Lipinski definition) is 0. The van der Waals surface area contributed by atoms with Gasteiger partial charge in [-0.3, -0.25) is 4.79 Å². The van der Waals surface area contributed by atoms with Crippen LogP contribution in [0.5, 0.6) is 0 Å². The Morgan fingerprint density at radius 2 is 1.89 bits per heavy atom. The Morgan fingerprint density at radius 3 is 2.47 bits per heavy atom. The van der Waals surface area contributed by atoms with Crippen molar-refractivity contribution in [2.75, 3.05) is 11.4 Å². The van der Waals surface area contributed by atoms with Crippen molar-refractivity contribution in [3.05, 3.63) is 58.3 Å². The number of rotatable bonds is 4. The Bertz CT molecular complexity index is 583. The van der Waals surface area contributed by atoms with Crippen LogP contribution in [0.1, 0.15) is 17.3 Å². The van der Waals surface area contributed by atoms with Crippen molar-refractivity contribution < 1.29 is 9.18 Å². The molecule has 0 saturated carbocycles. The van der Waals surface area contributed by atoms with E-state index in [4.69, 9.17) is 0 Å². The normalized spacial score (nSPS) is 10.3. The van der Waals surface area contributed by atoms with Crippen molar-refractivity contribution in [3.8, 4) is 0 Å². The molecule has 19 heavy (non-hydrogen) atoms. The average Bonchev–Trinajstić information content (AvgIpc) is 2.43. The molecule has 0 aliphatic heterocycles. The zero-order valence-corrected chi connectivity index (χ0v) is 12.0. The summed E-state index contributed by atoms with van der Waals surface area (Å²) in [5.41, 5.74) is 2.27. The van der Waals surface area contributed by atoms with Gasteiger partial charge in [0.1, 0.15) is 5.82 Å². The highest BCUT2D eigenvalue weighted by molar-refractivity contribution is 9.10. The van der Waals surface area contributed by atoms with Crippen LogP contribution in [0.2, 0.25) is 0 Å². The summed E-state index contributed by atoms with van der Waals surface area (Å²) in [6.07, 6.45) is 0.826. The van der Waals surface area contributed by atoms with Crippen LogP contribution in [0, 0.1) is 5.82 Å². The van der Waals surface area contributed by atoms with E-state index in [2.05, 4.69) is 15.9 Å². The van der Waals surface area contributed by atoms with Gasteiger partial charge >= 0.3 is 0 Å². The van der Waals surface area contributed by atoms with E-state index in [0.717, 1.165) is 22.1 Å². The van der Waals surface area contributed by atoms with E-state index < -0.39 is 0 Å². The predicted molar refractivity (Wildman–Crippen MR) is 78.6 cm³/mol. The van der Waals surface area contributed by atoms with Crippen molar-refractivity contribution in [1.29, 1.82) is 0 Å². The molecule has 0 amide bonds. The Morgan fingerprint density at radius 1 is 1.21 bits per heavy atom. The molecule has 0 atom stereocenters. The van der Waals surface area contributed by atoms with E-state index in [1.165, 1.54) is 12.1 Å². The van der Waals surface area contributed by atoms with Crippen LogP contribution < -0.4 is 4.90 Å². The fourth-order valence-electron chi connectivity index (χ4n) is 1.98. The fourth-order valence-corrected chi connectivity index (χ4v) is 2.36. The van der Waals surface area contributed by atoms with Crippen LogP contribution >= 0.6 is 15.9 Å². The standard InChI is InChI=1S/C15H13BrFNO/c1-2-18(14-6-4-13(17)5-7-14)15-8-3-12(16)9-11(15)10-19/h3-10H,2H2,1H3. The molecule has 4 heteroatoms. The molecule has 0 aromatic heterocycles. The minimum atomic E-state index is -0.272. The molecule has 0 bridgehead atoms. The van der Waals surface area contributed by atoms with E-state index in [0.29, 0.717) is 12.1 Å². The van der Waals surface area contributed by atoms with Gasteiger partial charge < -0.3 is 4.90 Å². The van der Waals surface area contributed by atoms with Gasteiger partial charge in [-0.25, -0.2) is 4.39 Å². The lowest BCUT2D eigenvalue weighted by molar-refractivity contribution is 0.112. The van der Waals surface area contributed by atoms with Gasteiger partial charge in [0.15, 0.2) is 6.29 Å². The third-order valence-corrected chi connectivity index (χ3v) is 3.36. The third kappa shape index (κ3) is 3.01. The summed E-state index contributed by atoms with van der Waals surface area (Å²) in [6.45, 7) is 2.67. The number of carbonyl (C=O) groups excluding carboxylic acids is 1. The lowest BCUT2D eigenvalue weighted by Crippen LogP contribution is -2.17. The van der Waals surface area contributed by atoms with Crippen LogP contribution in [-0.4, -0.2) is 12.8 Å². The van der Waals surface area contributed by atoms with Crippen LogP contribution in [-0.2, 0) is 0 Å². The predicted octanol–water partition coefficient (Wildman–Crippen LogP) is 4.56. The Hall–Kier alpha value is -1.68. The molecule has 0 saturated heterocycles. The quantitative estimate of drug-likeness (QED) is 0.769. The highest BCUT2D eigenvalue weighted by atomic mass is 79.9. The second-order valence-corrected chi connectivity index (χ2v) is 4.96. The number of carbonyl (C=O) groups is 1. The van der Waals surface area contributed by atoms with Crippen molar-refractivity contribution in [1.82, 2.24) is 0 Å². The van der Waals surface area contributed by atoms with Gasteiger partial charge in [-0.15, -0.1) is 0 Å². The van der Waals surface area contributed by atoms with E-state index in [9.17, 15) is 9.18 Å². The topological polar surface area (TPSA) is 20.3 Å². The third-order valence-electron chi connectivity index (χ3n) is 2.86. The Kier molecular flexibility index (Phi) is 4.32. The minimum absolute atomic E-state index is 0.272. The molecular weight excluding hydrogens is 309 g/mol. The maximum atomic E-state index is 13.0. The number of aldehydes is 1. The van der Waals surface area contributed by atoms with Gasteiger partial charge in [0, 0.05) is 22.3 Å². The molecule has 0 radical (unpaired) electrons. The van der Waals surface area contributed by atoms with E-state index in [1.807, 2.05) is 24.0 Å². The summed E-state index contributed by atoms with van der Waals surface area (Å²) in [7, 11) is 0. The molecule has 2 rings (SSSR count).